The highest BCUT2D eigenvalue weighted by molar-refractivity contribution is 5.91. The summed E-state index contributed by atoms with van der Waals surface area (Å²) in [5, 5.41) is 2.99. The number of nitrogens with zero attached hydrogens (tertiary/aromatic N) is 2. The van der Waals surface area contributed by atoms with Crippen LogP contribution in [0, 0.1) is 0 Å². The Labute approximate surface area is 140 Å². The van der Waals surface area contributed by atoms with Gasteiger partial charge in [0, 0.05) is 32.3 Å². The molecule has 0 saturated carbocycles. The molecular formula is C17H23N3O4. The largest absolute Gasteiger partial charge is 0.459 e. The lowest BCUT2D eigenvalue weighted by Crippen LogP contribution is -2.67. The molecule has 130 valence electrons. The summed E-state index contributed by atoms with van der Waals surface area (Å²) in [7, 11) is 0. The van der Waals surface area contributed by atoms with Crippen molar-refractivity contribution >= 4 is 11.8 Å². The van der Waals surface area contributed by atoms with E-state index in [-0.39, 0.29) is 17.4 Å². The smallest absolute Gasteiger partial charge is 0.289 e. The quantitative estimate of drug-likeness (QED) is 0.852. The first-order valence-electron chi connectivity index (χ1n) is 8.62. The Balaban J connectivity index is 1.42. The summed E-state index contributed by atoms with van der Waals surface area (Å²) in [5.74, 6) is 0.432. The minimum absolute atomic E-state index is 0.0475. The summed E-state index contributed by atoms with van der Waals surface area (Å²) in [5.41, 5.74) is -0.0637. The molecule has 1 spiro atoms. The topological polar surface area (TPSA) is 75.0 Å². The van der Waals surface area contributed by atoms with Crippen LogP contribution in [0.4, 0.5) is 0 Å². The number of piperazine rings is 1. The number of ether oxygens (including phenoxy) is 1. The van der Waals surface area contributed by atoms with Crippen LogP contribution in [-0.2, 0) is 9.53 Å². The number of furan rings is 1. The van der Waals surface area contributed by atoms with Gasteiger partial charge in [-0.25, -0.2) is 0 Å². The summed E-state index contributed by atoms with van der Waals surface area (Å²) >= 11 is 0. The number of piperidine rings is 1. The van der Waals surface area contributed by atoms with E-state index in [4.69, 9.17) is 9.15 Å². The summed E-state index contributed by atoms with van der Waals surface area (Å²) in [4.78, 5) is 28.5. The molecule has 3 fully saturated rings. The first-order valence-corrected chi connectivity index (χ1v) is 8.62. The Bertz CT molecular complexity index is 601. The number of hydrogen-bond donors (Lipinski definition) is 1. The van der Waals surface area contributed by atoms with Crippen molar-refractivity contribution in [1.82, 2.24) is 15.1 Å². The SMILES string of the molecule is O=C1CN(C2CCN(C(=O)c3ccco3)CC2)C2(CCOC2)CN1. The Morgan fingerprint density at radius 2 is 2.17 bits per heavy atom. The molecule has 3 saturated heterocycles. The maximum atomic E-state index is 12.4. The molecule has 4 heterocycles. The summed E-state index contributed by atoms with van der Waals surface area (Å²) in [6, 6.07) is 3.75. The van der Waals surface area contributed by atoms with E-state index in [1.54, 1.807) is 12.1 Å². The third kappa shape index (κ3) is 2.71. The molecule has 0 aromatic carbocycles. The van der Waals surface area contributed by atoms with Crippen LogP contribution in [0.3, 0.4) is 0 Å². The summed E-state index contributed by atoms with van der Waals surface area (Å²) in [6.45, 7) is 3.91. The van der Waals surface area contributed by atoms with Crippen LogP contribution in [0.15, 0.2) is 22.8 Å². The average molecular weight is 333 g/mol. The molecule has 2 amide bonds. The normalized spacial score (nSPS) is 29.2. The minimum atomic E-state index is -0.0637. The van der Waals surface area contributed by atoms with Crippen molar-refractivity contribution < 1.29 is 18.7 Å². The number of nitrogens with one attached hydrogen (secondary N) is 1. The van der Waals surface area contributed by atoms with Crippen LogP contribution in [0.5, 0.6) is 0 Å². The monoisotopic (exact) mass is 333 g/mol. The van der Waals surface area contributed by atoms with Gasteiger partial charge in [0.05, 0.1) is 25.0 Å². The zero-order chi connectivity index (χ0) is 16.6. The molecule has 1 N–H and O–H groups in total. The Kier molecular flexibility index (Phi) is 4.05. The van der Waals surface area contributed by atoms with Gasteiger partial charge in [-0.05, 0) is 31.4 Å². The second-order valence-electron chi connectivity index (χ2n) is 6.93. The fourth-order valence-electron chi connectivity index (χ4n) is 4.16. The molecular weight excluding hydrogens is 310 g/mol. The van der Waals surface area contributed by atoms with Crippen molar-refractivity contribution in [1.29, 1.82) is 0 Å². The Morgan fingerprint density at radius 3 is 2.83 bits per heavy atom. The second kappa shape index (κ2) is 6.22. The Morgan fingerprint density at radius 1 is 1.33 bits per heavy atom. The molecule has 24 heavy (non-hydrogen) atoms. The van der Waals surface area contributed by atoms with Gasteiger partial charge in [-0.1, -0.05) is 0 Å². The standard InChI is InChI=1S/C17H23N3O4/c21-15-10-20(17(11-18-15)5-9-23-12-17)13-3-6-19(7-4-13)16(22)14-2-1-8-24-14/h1-2,8,13H,3-7,9-12H2,(H,18,21). The van der Waals surface area contributed by atoms with E-state index < -0.39 is 0 Å². The van der Waals surface area contributed by atoms with Crippen LogP contribution >= 0.6 is 0 Å². The first-order chi connectivity index (χ1) is 11.7. The van der Waals surface area contributed by atoms with Gasteiger partial charge in [-0.3, -0.25) is 14.5 Å². The van der Waals surface area contributed by atoms with Gasteiger partial charge in [0.15, 0.2) is 5.76 Å². The van der Waals surface area contributed by atoms with Crippen molar-refractivity contribution in [2.75, 3.05) is 39.4 Å². The molecule has 0 radical (unpaired) electrons. The highest BCUT2D eigenvalue weighted by atomic mass is 16.5. The highest BCUT2D eigenvalue weighted by Gasteiger charge is 2.47. The second-order valence-corrected chi connectivity index (χ2v) is 6.93. The fourth-order valence-corrected chi connectivity index (χ4v) is 4.16. The predicted molar refractivity (Wildman–Crippen MR) is 85.5 cm³/mol. The molecule has 7 heteroatoms. The minimum Gasteiger partial charge on any atom is -0.459 e. The zero-order valence-electron chi connectivity index (χ0n) is 13.7. The predicted octanol–water partition coefficient (Wildman–Crippen LogP) is 0.475. The maximum Gasteiger partial charge on any atom is 0.289 e. The lowest BCUT2D eigenvalue weighted by molar-refractivity contribution is -0.131. The summed E-state index contributed by atoms with van der Waals surface area (Å²) < 4.78 is 10.8. The van der Waals surface area contributed by atoms with E-state index >= 15 is 0 Å². The molecule has 1 unspecified atom stereocenters. The van der Waals surface area contributed by atoms with Crippen LogP contribution in [0.25, 0.3) is 0 Å². The van der Waals surface area contributed by atoms with Gasteiger partial charge in [-0.2, -0.15) is 0 Å². The van der Waals surface area contributed by atoms with E-state index in [1.165, 1.54) is 6.26 Å². The lowest BCUT2D eigenvalue weighted by Gasteiger charge is -2.49. The fraction of sp³-hybridized carbons (Fsp3) is 0.647. The lowest BCUT2D eigenvalue weighted by atomic mass is 9.89. The molecule has 1 aromatic rings. The molecule has 1 aromatic heterocycles. The Hall–Kier alpha value is -1.86. The van der Waals surface area contributed by atoms with E-state index in [1.807, 2.05) is 4.90 Å². The van der Waals surface area contributed by atoms with Crippen LogP contribution in [-0.4, -0.2) is 72.6 Å². The van der Waals surface area contributed by atoms with Gasteiger partial charge < -0.3 is 19.4 Å². The van der Waals surface area contributed by atoms with E-state index in [0.29, 0.717) is 44.6 Å². The molecule has 4 rings (SSSR count). The van der Waals surface area contributed by atoms with Gasteiger partial charge in [0.25, 0.3) is 5.91 Å². The maximum absolute atomic E-state index is 12.4. The van der Waals surface area contributed by atoms with Crippen molar-refractivity contribution in [3.63, 3.8) is 0 Å². The van der Waals surface area contributed by atoms with Crippen LogP contribution in [0.2, 0.25) is 0 Å². The number of rotatable bonds is 2. The number of amides is 2. The van der Waals surface area contributed by atoms with Gasteiger partial charge in [0.1, 0.15) is 0 Å². The summed E-state index contributed by atoms with van der Waals surface area (Å²) in [6.07, 6.45) is 4.23. The molecule has 1 atom stereocenters. The molecule has 3 aliphatic heterocycles. The molecule has 3 aliphatic rings. The van der Waals surface area contributed by atoms with Gasteiger partial charge in [-0.15, -0.1) is 0 Å². The number of likely N-dealkylation sites (tertiary alicyclic amines) is 1. The van der Waals surface area contributed by atoms with E-state index in [2.05, 4.69) is 10.2 Å². The van der Waals surface area contributed by atoms with Crippen molar-refractivity contribution in [2.24, 2.45) is 0 Å². The van der Waals surface area contributed by atoms with Crippen molar-refractivity contribution in [3.05, 3.63) is 24.2 Å². The van der Waals surface area contributed by atoms with Crippen LogP contribution in [0.1, 0.15) is 29.8 Å². The van der Waals surface area contributed by atoms with Crippen LogP contribution < -0.4 is 5.32 Å². The van der Waals surface area contributed by atoms with E-state index in [9.17, 15) is 9.59 Å². The van der Waals surface area contributed by atoms with Gasteiger partial charge in [0.2, 0.25) is 5.91 Å². The van der Waals surface area contributed by atoms with Crippen molar-refractivity contribution in [3.8, 4) is 0 Å². The third-order valence-corrected chi connectivity index (χ3v) is 5.54. The number of hydrogen-bond acceptors (Lipinski definition) is 5. The highest BCUT2D eigenvalue weighted by Crippen LogP contribution is 2.33. The first kappa shape index (κ1) is 15.7. The zero-order valence-corrected chi connectivity index (χ0v) is 13.7. The average Bonchev–Trinajstić information content (AvgIpc) is 3.29. The number of carbonyl (C=O) groups is 2. The molecule has 0 aliphatic carbocycles. The van der Waals surface area contributed by atoms with Crippen molar-refractivity contribution in [2.45, 2.75) is 30.8 Å². The molecule has 7 nitrogen and oxygen atoms in total. The number of carbonyl (C=O) groups excluding carboxylic acids is 2. The molecule has 0 bridgehead atoms. The third-order valence-electron chi connectivity index (χ3n) is 5.54. The van der Waals surface area contributed by atoms with Gasteiger partial charge >= 0.3 is 0 Å². The van der Waals surface area contributed by atoms with E-state index in [0.717, 1.165) is 25.9 Å².